The molecule has 3 N–H and O–H groups in total. The Morgan fingerprint density at radius 1 is 1.03 bits per heavy atom. The molecule has 0 heterocycles. The van der Waals surface area contributed by atoms with E-state index >= 15 is 0 Å². The number of alkyl halides is 3. The molecule has 0 fully saturated rings. The molecule has 1 aromatic carbocycles. The van der Waals surface area contributed by atoms with Gasteiger partial charge in [0.15, 0.2) is 5.11 Å². The summed E-state index contributed by atoms with van der Waals surface area (Å²) in [6, 6.07) is 4.90. The summed E-state index contributed by atoms with van der Waals surface area (Å²) < 4.78 is -1.81. The van der Waals surface area contributed by atoms with Crippen molar-refractivity contribution in [3.05, 3.63) is 28.2 Å². The summed E-state index contributed by atoms with van der Waals surface area (Å²) in [5, 5.41) is 9.39. The smallest absolute Gasteiger partial charge is 0.228 e. The molecule has 1 atom stereocenters. The van der Waals surface area contributed by atoms with Gasteiger partial charge in [-0.05, 0) is 36.8 Å². The number of carbonyl (C=O) groups excluding carboxylic acids is 1. The van der Waals surface area contributed by atoms with Crippen LogP contribution in [-0.4, -0.2) is 21.0 Å². The maximum atomic E-state index is 12.2. The van der Waals surface area contributed by atoms with Gasteiger partial charge in [0.25, 0.3) is 0 Å². The number of hydrogen-bond acceptors (Lipinski definition) is 2. The van der Waals surface area contributed by atoms with Crippen molar-refractivity contribution in [2.24, 2.45) is 0 Å². The molecule has 0 spiro atoms. The maximum absolute atomic E-state index is 12.2. The van der Waals surface area contributed by atoms with Crippen LogP contribution < -0.4 is 16.0 Å². The van der Waals surface area contributed by atoms with Crippen LogP contribution in [0.2, 0.25) is 10.0 Å². The summed E-state index contributed by atoms with van der Waals surface area (Å²) >= 11 is 35.3. The van der Waals surface area contributed by atoms with E-state index in [0.717, 1.165) is 19.3 Å². The topological polar surface area (TPSA) is 53.2 Å². The highest BCUT2D eigenvalue weighted by Gasteiger charge is 2.34. The number of rotatable bonds is 11. The predicted octanol–water partition coefficient (Wildman–Crippen LogP) is 7.23. The molecule has 164 valence electrons. The average Bonchev–Trinajstić information content (AvgIpc) is 2.62. The van der Waals surface area contributed by atoms with E-state index in [2.05, 4.69) is 22.9 Å². The zero-order valence-corrected chi connectivity index (χ0v) is 20.8. The second kappa shape index (κ2) is 14.0. The summed E-state index contributed by atoms with van der Waals surface area (Å²) in [6.45, 7) is 2.18. The van der Waals surface area contributed by atoms with Gasteiger partial charge in [0.1, 0.15) is 6.17 Å². The van der Waals surface area contributed by atoms with Crippen molar-refractivity contribution in [1.29, 1.82) is 0 Å². The Hall–Kier alpha value is -0.170. The molecule has 0 aliphatic heterocycles. The molecule has 0 unspecified atom stereocenters. The maximum Gasteiger partial charge on any atom is 0.228 e. The van der Waals surface area contributed by atoms with Crippen molar-refractivity contribution in [3.8, 4) is 0 Å². The van der Waals surface area contributed by atoms with Crippen molar-refractivity contribution in [3.63, 3.8) is 0 Å². The lowest BCUT2D eigenvalue weighted by atomic mass is 10.1. The zero-order valence-electron chi connectivity index (χ0n) is 16.2. The Balaban J connectivity index is 2.50. The van der Waals surface area contributed by atoms with Crippen molar-refractivity contribution >= 4 is 86.9 Å². The van der Waals surface area contributed by atoms with Gasteiger partial charge in [-0.25, -0.2) is 0 Å². The van der Waals surface area contributed by atoms with Crippen LogP contribution in [0.1, 0.15) is 58.3 Å². The molecule has 1 rings (SSSR count). The van der Waals surface area contributed by atoms with Crippen molar-refractivity contribution in [1.82, 2.24) is 10.6 Å². The van der Waals surface area contributed by atoms with Crippen LogP contribution in [0.5, 0.6) is 0 Å². The highest BCUT2D eigenvalue weighted by molar-refractivity contribution is 7.80. The highest BCUT2D eigenvalue weighted by Crippen LogP contribution is 2.30. The van der Waals surface area contributed by atoms with Crippen LogP contribution in [0.3, 0.4) is 0 Å². The van der Waals surface area contributed by atoms with Crippen LogP contribution in [0.25, 0.3) is 0 Å². The molecule has 0 saturated carbocycles. The van der Waals surface area contributed by atoms with Gasteiger partial charge in [0.05, 0.1) is 10.7 Å². The number of amides is 1. The van der Waals surface area contributed by atoms with Gasteiger partial charge in [0, 0.05) is 11.4 Å². The third-order valence-corrected chi connectivity index (χ3v) is 5.53. The van der Waals surface area contributed by atoms with E-state index in [0.29, 0.717) is 22.2 Å². The van der Waals surface area contributed by atoms with Crippen molar-refractivity contribution in [2.75, 3.05) is 5.32 Å². The lowest BCUT2D eigenvalue weighted by Gasteiger charge is -2.28. The second-order valence-corrected chi connectivity index (χ2v) is 10.3. The first-order chi connectivity index (χ1) is 13.6. The molecule has 29 heavy (non-hydrogen) atoms. The molecular formula is C19H26Cl5N3OS. The van der Waals surface area contributed by atoms with E-state index in [1.807, 2.05) is 0 Å². The minimum Gasteiger partial charge on any atom is -0.339 e. The SMILES string of the molecule is CCCCCCCCCC(=O)N[C@H](NC(=S)Nc1cc(Cl)ccc1Cl)C(Cl)(Cl)Cl. The van der Waals surface area contributed by atoms with Crippen LogP contribution in [0, 0.1) is 0 Å². The normalized spacial score (nSPS) is 12.3. The van der Waals surface area contributed by atoms with Crippen LogP contribution in [-0.2, 0) is 4.79 Å². The van der Waals surface area contributed by atoms with E-state index < -0.39 is 9.96 Å². The monoisotopic (exact) mass is 519 g/mol. The van der Waals surface area contributed by atoms with Crippen LogP contribution >= 0.6 is 70.2 Å². The molecule has 0 aromatic heterocycles. The Kier molecular flexibility index (Phi) is 13.0. The second-order valence-electron chi connectivity index (χ2n) is 6.64. The molecule has 0 aliphatic carbocycles. The van der Waals surface area contributed by atoms with E-state index in [1.54, 1.807) is 18.2 Å². The van der Waals surface area contributed by atoms with E-state index in [9.17, 15) is 4.79 Å². The van der Waals surface area contributed by atoms with Crippen LogP contribution in [0.15, 0.2) is 18.2 Å². The first-order valence-electron chi connectivity index (χ1n) is 9.52. The third kappa shape index (κ3) is 11.7. The Morgan fingerprint density at radius 2 is 1.66 bits per heavy atom. The molecule has 4 nitrogen and oxygen atoms in total. The minimum atomic E-state index is -1.81. The third-order valence-electron chi connectivity index (χ3n) is 4.09. The van der Waals surface area contributed by atoms with Gasteiger partial charge < -0.3 is 16.0 Å². The van der Waals surface area contributed by atoms with Crippen molar-refractivity contribution in [2.45, 2.75) is 68.2 Å². The molecule has 0 bridgehead atoms. The Labute approximate surface area is 203 Å². The fraction of sp³-hybridized carbons (Fsp3) is 0.579. The quantitative estimate of drug-likeness (QED) is 0.124. The average molecular weight is 522 g/mol. The van der Waals surface area contributed by atoms with Gasteiger partial charge >= 0.3 is 0 Å². The number of halogens is 5. The minimum absolute atomic E-state index is 0.127. The lowest BCUT2D eigenvalue weighted by Crippen LogP contribution is -2.56. The molecular weight excluding hydrogens is 496 g/mol. The van der Waals surface area contributed by atoms with Gasteiger partial charge in [-0.3, -0.25) is 4.79 Å². The Morgan fingerprint density at radius 3 is 2.28 bits per heavy atom. The van der Waals surface area contributed by atoms with Gasteiger partial charge in [-0.15, -0.1) is 0 Å². The van der Waals surface area contributed by atoms with Crippen molar-refractivity contribution < 1.29 is 4.79 Å². The first-order valence-corrected chi connectivity index (χ1v) is 11.8. The van der Waals surface area contributed by atoms with E-state index in [-0.39, 0.29) is 11.0 Å². The standard InChI is InChI=1S/C19H26Cl5N3OS/c1-2-3-4-5-6-7-8-9-16(28)26-17(19(22,23)24)27-18(29)25-15-12-13(20)10-11-14(15)21/h10-12,17H,2-9H2,1H3,(H,26,28)(H2,25,27,29)/t17-/m1/s1. The number of unbranched alkanes of at least 4 members (excludes halogenated alkanes) is 6. The molecule has 1 aromatic rings. The van der Waals surface area contributed by atoms with E-state index in [1.165, 1.54) is 25.7 Å². The number of benzene rings is 1. The molecule has 0 aliphatic rings. The summed E-state index contributed by atoms with van der Waals surface area (Å²) in [7, 11) is 0. The summed E-state index contributed by atoms with van der Waals surface area (Å²) in [4.78, 5) is 12.2. The number of nitrogens with one attached hydrogen (secondary N) is 3. The van der Waals surface area contributed by atoms with Crippen LogP contribution in [0.4, 0.5) is 5.69 Å². The fourth-order valence-electron chi connectivity index (χ4n) is 2.56. The summed E-state index contributed by atoms with van der Waals surface area (Å²) in [5.74, 6) is -0.217. The van der Waals surface area contributed by atoms with Gasteiger partial charge in [0.2, 0.25) is 9.70 Å². The first kappa shape index (κ1) is 26.9. The van der Waals surface area contributed by atoms with E-state index in [4.69, 9.17) is 70.2 Å². The molecule has 1 amide bonds. The lowest BCUT2D eigenvalue weighted by molar-refractivity contribution is -0.122. The number of carbonyl (C=O) groups is 1. The molecule has 0 saturated heterocycles. The highest BCUT2D eigenvalue weighted by atomic mass is 35.6. The van der Waals surface area contributed by atoms with Gasteiger partial charge in [-0.2, -0.15) is 0 Å². The molecule has 10 heteroatoms. The number of anilines is 1. The zero-order chi connectivity index (χ0) is 21.9. The Bertz CT molecular complexity index is 670. The summed E-state index contributed by atoms with van der Waals surface area (Å²) in [6.07, 6.45) is 7.15. The summed E-state index contributed by atoms with van der Waals surface area (Å²) in [5.41, 5.74) is 0.495. The predicted molar refractivity (Wildman–Crippen MR) is 131 cm³/mol. The number of thiocarbonyl (C=S) groups is 1. The molecule has 0 radical (unpaired) electrons. The number of hydrogen-bond donors (Lipinski definition) is 3. The fourth-order valence-corrected chi connectivity index (χ4v) is 3.45. The largest absolute Gasteiger partial charge is 0.339 e. The van der Waals surface area contributed by atoms with Gasteiger partial charge in [-0.1, -0.05) is 103 Å².